The van der Waals surface area contributed by atoms with Gasteiger partial charge in [0.05, 0.1) is 5.60 Å². The molecule has 0 saturated heterocycles. The van der Waals surface area contributed by atoms with Crippen molar-refractivity contribution in [2.24, 2.45) is 5.92 Å². The van der Waals surface area contributed by atoms with Crippen molar-refractivity contribution in [2.75, 3.05) is 0 Å². The Morgan fingerprint density at radius 1 is 1.50 bits per heavy atom. The normalized spacial score (nSPS) is 16.5. The molecule has 1 atom stereocenters. The number of rotatable bonds is 2. The van der Waals surface area contributed by atoms with Gasteiger partial charge in [0.1, 0.15) is 0 Å². The van der Waals surface area contributed by atoms with E-state index >= 15 is 0 Å². The molecule has 1 rings (SSSR count). The molecule has 1 aromatic heterocycles. The molecule has 0 aliphatic carbocycles. The molecule has 0 amide bonds. The van der Waals surface area contributed by atoms with E-state index < -0.39 is 5.60 Å². The standard InChI is InChI=1S/C10H16OS/c1-7(2)10(4,11)9-5-6-12-8(9)3/h5-7,11H,1-4H3. The molecule has 0 spiro atoms. The van der Waals surface area contributed by atoms with Crippen molar-refractivity contribution in [3.8, 4) is 0 Å². The Bertz CT molecular complexity index is 261. The average molecular weight is 184 g/mol. The van der Waals surface area contributed by atoms with Crippen LogP contribution >= 0.6 is 11.3 Å². The zero-order valence-electron chi connectivity index (χ0n) is 8.09. The minimum Gasteiger partial charge on any atom is -0.385 e. The number of thiophene rings is 1. The van der Waals surface area contributed by atoms with Gasteiger partial charge in [-0.05, 0) is 36.8 Å². The van der Waals surface area contributed by atoms with Crippen LogP contribution in [0.2, 0.25) is 0 Å². The van der Waals surface area contributed by atoms with Gasteiger partial charge in [-0.1, -0.05) is 13.8 Å². The van der Waals surface area contributed by atoms with Crippen molar-refractivity contribution in [1.82, 2.24) is 0 Å². The summed E-state index contributed by atoms with van der Waals surface area (Å²) in [5.74, 6) is 0.255. The maximum absolute atomic E-state index is 10.1. The molecule has 2 heteroatoms. The van der Waals surface area contributed by atoms with E-state index in [4.69, 9.17) is 0 Å². The molecule has 1 N–H and O–H groups in total. The number of hydrogen-bond donors (Lipinski definition) is 1. The molecule has 0 aliphatic heterocycles. The molecule has 0 radical (unpaired) electrons. The fraction of sp³-hybridized carbons (Fsp3) is 0.600. The minimum absolute atomic E-state index is 0.255. The first-order chi connectivity index (χ1) is 5.46. The van der Waals surface area contributed by atoms with Crippen LogP contribution in [0, 0.1) is 12.8 Å². The van der Waals surface area contributed by atoms with E-state index in [0.29, 0.717) is 0 Å². The Kier molecular flexibility index (Phi) is 2.59. The molecule has 68 valence electrons. The maximum Gasteiger partial charge on any atom is 0.0901 e. The van der Waals surface area contributed by atoms with Crippen molar-refractivity contribution < 1.29 is 5.11 Å². The fourth-order valence-corrected chi connectivity index (χ4v) is 2.03. The molecule has 1 aromatic rings. The van der Waals surface area contributed by atoms with Gasteiger partial charge in [-0.15, -0.1) is 11.3 Å². The Morgan fingerprint density at radius 3 is 2.42 bits per heavy atom. The van der Waals surface area contributed by atoms with E-state index in [2.05, 4.69) is 6.92 Å². The van der Waals surface area contributed by atoms with Gasteiger partial charge in [0, 0.05) is 4.88 Å². The molecule has 1 unspecified atom stereocenters. The number of aryl methyl sites for hydroxylation is 1. The van der Waals surface area contributed by atoms with Crippen molar-refractivity contribution in [3.63, 3.8) is 0 Å². The van der Waals surface area contributed by atoms with E-state index in [1.54, 1.807) is 11.3 Å². The van der Waals surface area contributed by atoms with Gasteiger partial charge < -0.3 is 5.11 Å². The summed E-state index contributed by atoms with van der Waals surface area (Å²) >= 11 is 1.69. The first-order valence-corrected chi connectivity index (χ1v) is 5.11. The maximum atomic E-state index is 10.1. The number of aliphatic hydroxyl groups is 1. The number of hydrogen-bond acceptors (Lipinski definition) is 2. The summed E-state index contributed by atoms with van der Waals surface area (Å²) in [6.45, 7) is 8.01. The van der Waals surface area contributed by atoms with Crippen LogP contribution in [0.25, 0.3) is 0 Å². The van der Waals surface area contributed by atoms with Gasteiger partial charge in [-0.25, -0.2) is 0 Å². The van der Waals surface area contributed by atoms with Crippen LogP contribution in [0.5, 0.6) is 0 Å². The molecule has 1 heterocycles. The zero-order valence-corrected chi connectivity index (χ0v) is 8.90. The van der Waals surface area contributed by atoms with Crippen molar-refractivity contribution >= 4 is 11.3 Å². The Labute approximate surface area is 78.1 Å². The van der Waals surface area contributed by atoms with Crippen molar-refractivity contribution in [3.05, 3.63) is 21.9 Å². The third-order valence-corrected chi connectivity index (χ3v) is 3.37. The van der Waals surface area contributed by atoms with Crippen molar-refractivity contribution in [2.45, 2.75) is 33.3 Å². The highest BCUT2D eigenvalue weighted by Gasteiger charge is 2.28. The molecule has 0 aromatic carbocycles. The lowest BCUT2D eigenvalue weighted by atomic mass is 9.86. The summed E-state index contributed by atoms with van der Waals surface area (Å²) in [4.78, 5) is 1.22. The lowest BCUT2D eigenvalue weighted by Crippen LogP contribution is -2.27. The van der Waals surface area contributed by atoms with E-state index in [9.17, 15) is 5.11 Å². The van der Waals surface area contributed by atoms with Crippen LogP contribution in [-0.2, 0) is 5.60 Å². The molecule has 12 heavy (non-hydrogen) atoms. The summed E-state index contributed by atoms with van der Waals surface area (Å²) in [5, 5.41) is 12.2. The second-order valence-electron chi connectivity index (χ2n) is 3.69. The molecule has 1 nitrogen and oxygen atoms in total. The van der Waals surface area contributed by atoms with E-state index in [-0.39, 0.29) is 5.92 Å². The van der Waals surface area contributed by atoms with Crippen molar-refractivity contribution in [1.29, 1.82) is 0 Å². The highest BCUT2D eigenvalue weighted by molar-refractivity contribution is 7.10. The third-order valence-electron chi connectivity index (χ3n) is 2.53. The summed E-state index contributed by atoms with van der Waals surface area (Å²) in [7, 11) is 0. The van der Waals surface area contributed by atoms with E-state index in [1.807, 2.05) is 32.2 Å². The summed E-state index contributed by atoms with van der Waals surface area (Å²) < 4.78 is 0. The van der Waals surface area contributed by atoms with Crippen LogP contribution < -0.4 is 0 Å². The monoisotopic (exact) mass is 184 g/mol. The molecule has 0 fully saturated rings. The van der Waals surface area contributed by atoms with Gasteiger partial charge >= 0.3 is 0 Å². The minimum atomic E-state index is -0.677. The van der Waals surface area contributed by atoms with Gasteiger partial charge in [0.15, 0.2) is 0 Å². The lowest BCUT2D eigenvalue weighted by molar-refractivity contribution is 0.00894. The van der Waals surface area contributed by atoms with Gasteiger partial charge in [-0.2, -0.15) is 0 Å². The van der Waals surface area contributed by atoms with Gasteiger partial charge in [0.2, 0.25) is 0 Å². The quantitative estimate of drug-likeness (QED) is 0.749. The van der Waals surface area contributed by atoms with Gasteiger partial charge in [-0.3, -0.25) is 0 Å². The molecule has 0 aliphatic rings. The fourth-order valence-electron chi connectivity index (χ4n) is 1.22. The highest BCUT2D eigenvalue weighted by Crippen LogP contribution is 2.33. The second kappa shape index (κ2) is 3.19. The lowest BCUT2D eigenvalue weighted by Gasteiger charge is -2.27. The summed E-state index contributed by atoms with van der Waals surface area (Å²) in [5.41, 5.74) is 0.395. The summed E-state index contributed by atoms with van der Waals surface area (Å²) in [6.07, 6.45) is 0. The van der Waals surface area contributed by atoms with E-state index in [1.165, 1.54) is 4.88 Å². The van der Waals surface area contributed by atoms with Crippen LogP contribution in [0.3, 0.4) is 0 Å². The zero-order chi connectivity index (χ0) is 9.35. The Morgan fingerprint density at radius 2 is 2.08 bits per heavy atom. The van der Waals surface area contributed by atoms with Crippen LogP contribution in [0.15, 0.2) is 11.4 Å². The smallest absolute Gasteiger partial charge is 0.0901 e. The molecular formula is C10H16OS. The Hall–Kier alpha value is -0.340. The molecule has 0 bridgehead atoms. The third kappa shape index (κ3) is 1.54. The van der Waals surface area contributed by atoms with Crippen LogP contribution in [-0.4, -0.2) is 5.11 Å². The van der Waals surface area contributed by atoms with Crippen LogP contribution in [0.4, 0.5) is 0 Å². The first kappa shape index (κ1) is 9.75. The second-order valence-corrected chi connectivity index (χ2v) is 4.81. The van der Waals surface area contributed by atoms with E-state index in [0.717, 1.165) is 5.56 Å². The molecular weight excluding hydrogens is 168 g/mol. The predicted molar refractivity (Wildman–Crippen MR) is 53.5 cm³/mol. The topological polar surface area (TPSA) is 20.2 Å². The first-order valence-electron chi connectivity index (χ1n) is 4.23. The van der Waals surface area contributed by atoms with Crippen LogP contribution in [0.1, 0.15) is 31.2 Å². The average Bonchev–Trinajstić information content (AvgIpc) is 2.35. The van der Waals surface area contributed by atoms with Gasteiger partial charge in [0.25, 0.3) is 0 Å². The Balaban J connectivity index is 3.05. The predicted octanol–water partition coefficient (Wildman–Crippen LogP) is 2.92. The highest BCUT2D eigenvalue weighted by atomic mass is 32.1. The largest absolute Gasteiger partial charge is 0.385 e. The summed E-state index contributed by atoms with van der Waals surface area (Å²) in [6, 6.07) is 2.01. The molecule has 0 saturated carbocycles. The SMILES string of the molecule is Cc1sccc1C(C)(O)C(C)C.